The van der Waals surface area contributed by atoms with Crippen molar-refractivity contribution in [2.45, 2.75) is 258 Å². The lowest BCUT2D eigenvalue weighted by atomic mass is 10.0. The summed E-state index contributed by atoms with van der Waals surface area (Å²) in [6.45, 7) is 6.19. The third kappa shape index (κ3) is 65.2. The molecule has 0 saturated heterocycles. The SMILES string of the molecule is CC/C=C\C/C=C\C/C=C\C/C=C\C/C=C\CCCCCCCCCCCCCCCC(=O)OCC(COC(=O)CCC/C=C\C/C=C\C/C=C\C/C=C\C/C=C\CC)OC(=O)CCC/C=C\C/C=C\C/C=C\C/C=C\C/C=C\CC. The van der Waals surface area contributed by atoms with E-state index in [-0.39, 0.29) is 44.0 Å². The lowest BCUT2D eigenvalue weighted by Crippen LogP contribution is -2.30. The minimum Gasteiger partial charge on any atom is -0.462 e. The van der Waals surface area contributed by atoms with Crippen LogP contribution in [0.25, 0.3) is 0 Å². The molecule has 6 heteroatoms. The van der Waals surface area contributed by atoms with Gasteiger partial charge in [-0.15, -0.1) is 0 Å². The third-order valence-corrected chi connectivity index (χ3v) is 12.9. The van der Waals surface area contributed by atoms with Gasteiger partial charge in [-0.25, -0.2) is 0 Å². The van der Waals surface area contributed by atoms with E-state index in [1.165, 1.54) is 70.6 Å². The zero-order valence-corrected chi connectivity index (χ0v) is 51.7. The first-order chi connectivity index (χ1) is 40.0. The molecule has 452 valence electrons. The van der Waals surface area contributed by atoms with Crippen LogP contribution >= 0.6 is 0 Å². The van der Waals surface area contributed by atoms with Gasteiger partial charge >= 0.3 is 17.9 Å². The molecule has 0 aromatic rings. The molecule has 81 heavy (non-hydrogen) atoms. The summed E-state index contributed by atoms with van der Waals surface area (Å²) in [6.07, 6.45) is 101. The van der Waals surface area contributed by atoms with Gasteiger partial charge in [-0.3, -0.25) is 14.4 Å². The minimum absolute atomic E-state index is 0.127. The number of rotatable bonds is 56. The maximum Gasteiger partial charge on any atom is 0.306 e. The highest BCUT2D eigenvalue weighted by molar-refractivity contribution is 5.71. The molecule has 0 N–H and O–H groups in total. The molecule has 0 aromatic heterocycles. The molecule has 0 aromatic carbocycles. The van der Waals surface area contributed by atoms with Crippen molar-refractivity contribution in [1.82, 2.24) is 0 Å². The van der Waals surface area contributed by atoms with Gasteiger partial charge < -0.3 is 14.2 Å². The second-order valence-corrected chi connectivity index (χ2v) is 20.5. The summed E-state index contributed by atoms with van der Waals surface area (Å²) in [4.78, 5) is 38.3. The number of carbonyl (C=O) groups is 3. The van der Waals surface area contributed by atoms with Crippen LogP contribution in [-0.4, -0.2) is 37.2 Å². The summed E-state index contributed by atoms with van der Waals surface area (Å²) in [5.41, 5.74) is 0. The number of ether oxygens (including phenoxy) is 3. The molecule has 0 spiro atoms. The summed E-state index contributed by atoms with van der Waals surface area (Å²) < 4.78 is 16.8. The zero-order valence-electron chi connectivity index (χ0n) is 51.7. The van der Waals surface area contributed by atoms with Gasteiger partial charge in [0.1, 0.15) is 13.2 Å². The normalized spacial score (nSPS) is 13.4. The topological polar surface area (TPSA) is 78.9 Å². The van der Waals surface area contributed by atoms with Crippen LogP contribution in [0.1, 0.15) is 252 Å². The van der Waals surface area contributed by atoms with E-state index in [1.54, 1.807) is 0 Å². The minimum atomic E-state index is -0.842. The van der Waals surface area contributed by atoms with Gasteiger partial charge in [0.25, 0.3) is 0 Å². The van der Waals surface area contributed by atoms with Crippen LogP contribution < -0.4 is 0 Å². The van der Waals surface area contributed by atoms with E-state index in [1.807, 2.05) is 0 Å². The van der Waals surface area contributed by atoms with Crippen molar-refractivity contribution in [1.29, 1.82) is 0 Å². The molecular formula is C75H116O6. The van der Waals surface area contributed by atoms with E-state index < -0.39 is 6.10 Å². The Morgan fingerprint density at radius 3 is 0.741 bits per heavy atom. The van der Waals surface area contributed by atoms with Crippen molar-refractivity contribution in [3.05, 3.63) is 182 Å². The number of allylic oxidation sites excluding steroid dienone is 30. The number of hydrogen-bond donors (Lipinski definition) is 0. The molecule has 0 aliphatic carbocycles. The monoisotopic (exact) mass is 1110 g/mol. The molecule has 0 rings (SSSR count). The molecule has 0 radical (unpaired) electrons. The van der Waals surface area contributed by atoms with Crippen LogP contribution in [0.2, 0.25) is 0 Å². The molecule has 0 aliphatic heterocycles. The van der Waals surface area contributed by atoms with E-state index in [0.717, 1.165) is 128 Å². The smallest absolute Gasteiger partial charge is 0.306 e. The second kappa shape index (κ2) is 67.0. The number of unbranched alkanes of at least 4 members (excludes halogenated alkanes) is 15. The van der Waals surface area contributed by atoms with E-state index >= 15 is 0 Å². The van der Waals surface area contributed by atoms with Gasteiger partial charge in [-0.05, 0) is 141 Å². The Hall–Kier alpha value is -5.49. The predicted octanol–water partition coefficient (Wildman–Crippen LogP) is 22.4. The highest BCUT2D eigenvalue weighted by Crippen LogP contribution is 2.15. The van der Waals surface area contributed by atoms with E-state index in [4.69, 9.17) is 14.2 Å². The fourth-order valence-corrected chi connectivity index (χ4v) is 8.19. The Labute approximate surface area is 497 Å². The average Bonchev–Trinajstić information content (AvgIpc) is 3.47. The molecule has 1 atom stereocenters. The number of carbonyl (C=O) groups excluding carboxylic acids is 3. The second-order valence-electron chi connectivity index (χ2n) is 20.5. The molecule has 6 nitrogen and oxygen atoms in total. The van der Waals surface area contributed by atoms with Gasteiger partial charge in [0.15, 0.2) is 6.10 Å². The van der Waals surface area contributed by atoms with Crippen molar-refractivity contribution in [3.8, 4) is 0 Å². The van der Waals surface area contributed by atoms with E-state index in [9.17, 15) is 14.4 Å². The standard InChI is InChI=1S/C75H116O6/c1-4-7-10-13-16-19-22-25-28-31-32-33-34-35-36-37-38-39-40-41-42-45-47-50-53-56-59-62-65-68-74(77)80-71-72(81-75(78)69-66-63-60-57-54-51-48-44-30-27-24-21-18-15-12-9-6-3)70-79-73(76)67-64-61-58-55-52-49-46-43-29-26-23-20-17-14-11-8-5-2/h7-12,16-21,25-30,32-33,35-36,46,48-49,51,55,57-58,60,72H,4-6,13-15,22-24,31,34,37-45,47,50,52-54,56,59,61-71H2,1-3H3/b10-7-,11-8-,12-9-,19-16-,20-17-,21-18-,28-25-,29-26-,30-27-,33-32-,36-35-,49-46-,51-48-,58-55-,60-57-. The Bertz CT molecular complexity index is 1900. The zero-order chi connectivity index (χ0) is 58.5. The summed E-state index contributed by atoms with van der Waals surface area (Å²) in [7, 11) is 0. The first-order valence-corrected chi connectivity index (χ1v) is 32.3. The van der Waals surface area contributed by atoms with Gasteiger partial charge in [0.2, 0.25) is 0 Å². The van der Waals surface area contributed by atoms with Crippen LogP contribution in [0.4, 0.5) is 0 Å². The van der Waals surface area contributed by atoms with Gasteiger partial charge in [0, 0.05) is 19.3 Å². The Kier molecular flexibility index (Phi) is 62.5. The molecular weight excluding hydrogens is 997 g/mol. The fourth-order valence-electron chi connectivity index (χ4n) is 8.19. The summed E-state index contributed by atoms with van der Waals surface area (Å²) in [5, 5.41) is 0. The molecule has 0 aliphatic rings. The first-order valence-electron chi connectivity index (χ1n) is 32.3. The van der Waals surface area contributed by atoms with Crippen molar-refractivity contribution in [2.24, 2.45) is 0 Å². The van der Waals surface area contributed by atoms with Crippen molar-refractivity contribution >= 4 is 17.9 Å². The Morgan fingerprint density at radius 2 is 0.457 bits per heavy atom. The first kappa shape index (κ1) is 75.5. The molecule has 0 fully saturated rings. The predicted molar refractivity (Wildman–Crippen MR) is 352 cm³/mol. The van der Waals surface area contributed by atoms with Gasteiger partial charge in [0.05, 0.1) is 0 Å². The maximum atomic E-state index is 12.9. The summed E-state index contributed by atoms with van der Waals surface area (Å²) in [6, 6.07) is 0. The number of esters is 3. The van der Waals surface area contributed by atoms with Gasteiger partial charge in [-0.1, -0.05) is 274 Å². The van der Waals surface area contributed by atoms with Crippen LogP contribution in [0.3, 0.4) is 0 Å². The quantitative estimate of drug-likeness (QED) is 0.0261. The Balaban J connectivity index is 4.45. The van der Waals surface area contributed by atoms with Crippen molar-refractivity contribution in [2.75, 3.05) is 13.2 Å². The lowest BCUT2D eigenvalue weighted by molar-refractivity contribution is -0.167. The summed E-state index contributed by atoms with van der Waals surface area (Å²) >= 11 is 0. The highest BCUT2D eigenvalue weighted by atomic mass is 16.6. The molecule has 0 heterocycles. The average molecular weight is 1110 g/mol. The van der Waals surface area contributed by atoms with Crippen LogP contribution in [0.5, 0.6) is 0 Å². The van der Waals surface area contributed by atoms with Gasteiger partial charge in [-0.2, -0.15) is 0 Å². The summed E-state index contributed by atoms with van der Waals surface area (Å²) in [5.74, 6) is -1.05. The lowest BCUT2D eigenvalue weighted by Gasteiger charge is -2.18. The third-order valence-electron chi connectivity index (χ3n) is 12.9. The molecule has 0 amide bonds. The van der Waals surface area contributed by atoms with Crippen LogP contribution in [0, 0.1) is 0 Å². The Morgan fingerprint density at radius 1 is 0.247 bits per heavy atom. The maximum absolute atomic E-state index is 12.9. The largest absolute Gasteiger partial charge is 0.462 e. The fraction of sp³-hybridized carbons (Fsp3) is 0.560. The van der Waals surface area contributed by atoms with E-state index in [0.29, 0.717) is 19.3 Å². The van der Waals surface area contributed by atoms with E-state index in [2.05, 4.69) is 203 Å². The molecule has 0 bridgehead atoms. The van der Waals surface area contributed by atoms with Crippen molar-refractivity contribution in [3.63, 3.8) is 0 Å². The van der Waals surface area contributed by atoms with Crippen molar-refractivity contribution < 1.29 is 28.6 Å². The highest BCUT2D eigenvalue weighted by Gasteiger charge is 2.19. The number of hydrogen-bond acceptors (Lipinski definition) is 6. The van der Waals surface area contributed by atoms with Crippen LogP contribution in [-0.2, 0) is 28.6 Å². The molecule has 1 unspecified atom stereocenters. The van der Waals surface area contributed by atoms with Crippen LogP contribution in [0.15, 0.2) is 182 Å². The molecule has 0 saturated carbocycles.